The average Bonchev–Trinajstić information content (AvgIpc) is 3.36. The van der Waals surface area contributed by atoms with Gasteiger partial charge in [0.25, 0.3) is 11.8 Å². The van der Waals surface area contributed by atoms with Crippen LogP contribution >= 0.6 is 11.6 Å². The van der Waals surface area contributed by atoms with Crippen molar-refractivity contribution in [2.75, 3.05) is 32.1 Å². The fourth-order valence-electron chi connectivity index (χ4n) is 5.83. The van der Waals surface area contributed by atoms with Gasteiger partial charge in [-0.3, -0.25) is 9.59 Å². The summed E-state index contributed by atoms with van der Waals surface area (Å²) in [6, 6.07) is 12.0. The Morgan fingerprint density at radius 1 is 0.974 bits per heavy atom. The van der Waals surface area contributed by atoms with Gasteiger partial charge in [-0.05, 0) is 74.9 Å². The summed E-state index contributed by atoms with van der Waals surface area (Å²) in [5.74, 6) is 0.715. The lowest BCUT2D eigenvalue weighted by Crippen LogP contribution is -2.46. The van der Waals surface area contributed by atoms with Gasteiger partial charge in [0.05, 0.1) is 16.6 Å². The van der Waals surface area contributed by atoms with Crippen LogP contribution in [0.3, 0.4) is 0 Å². The third-order valence-electron chi connectivity index (χ3n) is 8.02. The van der Waals surface area contributed by atoms with E-state index < -0.39 is 5.82 Å². The number of benzene rings is 2. The Morgan fingerprint density at radius 3 is 2.44 bits per heavy atom. The van der Waals surface area contributed by atoms with E-state index >= 15 is 0 Å². The number of fused-ring (bicyclic) bond motifs is 1. The second-order valence-electron chi connectivity index (χ2n) is 10.5. The van der Waals surface area contributed by atoms with E-state index in [2.05, 4.69) is 14.9 Å². The topological polar surface area (TPSA) is 69.6 Å². The molecule has 0 unspecified atom stereocenters. The molecule has 0 radical (unpaired) electrons. The predicted molar refractivity (Wildman–Crippen MR) is 150 cm³/mol. The minimum absolute atomic E-state index is 0.0298. The number of hydrogen-bond donors (Lipinski definition) is 0. The second-order valence-corrected chi connectivity index (χ2v) is 10.9. The van der Waals surface area contributed by atoms with Gasteiger partial charge in [-0.2, -0.15) is 0 Å². The van der Waals surface area contributed by atoms with Crippen LogP contribution in [0.1, 0.15) is 68.7 Å². The van der Waals surface area contributed by atoms with Gasteiger partial charge in [-0.15, -0.1) is 0 Å². The number of anilines is 1. The zero-order valence-electron chi connectivity index (χ0n) is 22.7. The van der Waals surface area contributed by atoms with Gasteiger partial charge in [-0.25, -0.2) is 14.4 Å². The van der Waals surface area contributed by atoms with Crippen LogP contribution in [0.2, 0.25) is 5.02 Å². The number of aromatic nitrogens is 2. The first-order valence-corrected chi connectivity index (χ1v) is 13.7. The zero-order valence-corrected chi connectivity index (χ0v) is 23.5. The van der Waals surface area contributed by atoms with E-state index in [1.54, 1.807) is 11.9 Å². The number of amides is 2. The highest BCUT2D eigenvalue weighted by molar-refractivity contribution is 6.34. The highest BCUT2D eigenvalue weighted by atomic mass is 35.5. The van der Waals surface area contributed by atoms with Gasteiger partial charge in [-0.1, -0.05) is 23.7 Å². The van der Waals surface area contributed by atoms with Gasteiger partial charge in [0, 0.05) is 50.6 Å². The molecule has 7 nitrogen and oxygen atoms in total. The van der Waals surface area contributed by atoms with Crippen molar-refractivity contribution in [3.63, 3.8) is 0 Å². The number of halogens is 2. The maximum atomic E-state index is 14.0. The molecule has 2 aliphatic rings. The third-order valence-corrected chi connectivity index (χ3v) is 8.40. The van der Waals surface area contributed by atoms with Crippen molar-refractivity contribution in [3.8, 4) is 0 Å². The molecular weight excluding hydrogens is 517 g/mol. The average molecular weight is 550 g/mol. The Kier molecular flexibility index (Phi) is 7.58. The van der Waals surface area contributed by atoms with E-state index in [-0.39, 0.29) is 34.5 Å². The Balaban J connectivity index is 1.28. The summed E-state index contributed by atoms with van der Waals surface area (Å²) in [6.45, 7) is 5.52. The van der Waals surface area contributed by atoms with Gasteiger partial charge in [0.1, 0.15) is 17.5 Å². The Hall–Kier alpha value is -3.52. The molecule has 5 rings (SSSR count). The van der Waals surface area contributed by atoms with Crippen molar-refractivity contribution in [1.29, 1.82) is 0 Å². The van der Waals surface area contributed by atoms with Gasteiger partial charge in [0.2, 0.25) is 0 Å². The Bertz CT molecular complexity index is 1400. The van der Waals surface area contributed by atoms with Gasteiger partial charge >= 0.3 is 0 Å². The van der Waals surface area contributed by atoms with Crippen LogP contribution in [0, 0.1) is 19.7 Å². The predicted octanol–water partition coefficient (Wildman–Crippen LogP) is 5.39. The second kappa shape index (κ2) is 10.9. The van der Waals surface area contributed by atoms with E-state index in [0.717, 1.165) is 67.2 Å². The van der Waals surface area contributed by atoms with E-state index in [9.17, 15) is 14.0 Å². The molecule has 39 heavy (non-hydrogen) atoms. The number of carbonyl (C=O) groups excluding carboxylic acids is 2. The molecule has 3 aromatic rings. The molecule has 2 amide bonds. The third kappa shape index (κ3) is 5.35. The van der Waals surface area contributed by atoms with Crippen LogP contribution in [0.25, 0.3) is 0 Å². The molecule has 9 heteroatoms. The molecular formula is C30H33ClFN5O2. The molecule has 0 spiro atoms. The summed E-state index contributed by atoms with van der Waals surface area (Å²) in [5.41, 5.74) is 3.78. The van der Waals surface area contributed by atoms with Gasteiger partial charge in [0.15, 0.2) is 0 Å². The lowest BCUT2D eigenvalue weighted by atomic mass is 10.00. The van der Waals surface area contributed by atoms with Crippen LogP contribution in [0.15, 0.2) is 42.5 Å². The zero-order chi connectivity index (χ0) is 27.8. The van der Waals surface area contributed by atoms with Crippen LogP contribution in [-0.2, 0) is 6.42 Å². The molecule has 1 fully saturated rings. The van der Waals surface area contributed by atoms with Crippen molar-refractivity contribution in [2.45, 2.75) is 51.6 Å². The lowest BCUT2D eigenvalue weighted by molar-refractivity contribution is 0.0709. The largest absolute Gasteiger partial charge is 0.356 e. The molecule has 1 aliphatic carbocycles. The van der Waals surface area contributed by atoms with Crippen molar-refractivity contribution in [1.82, 2.24) is 19.8 Å². The number of nitrogens with zero attached hydrogens (tertiary/aromatic N) is 5. The minimum Gasteiger partial charge on any atom is -0.356 e. The molecule has 0 N–H and O–H groups in total. The fourth-order valence-corrected chi connectivity index (χ4v) is 6.03. The molecule has 0 saturated carbocycles. The van der Waals surface area contributed by atoms with E-state index in [4.69, 9.17) is 11.6 Å². The molecule has 2 aromatic carbocycles. The number of piperidine rings is 1. The van der Waals surface area contributed by atoms with Gasteiger partial charge < -0.3 is 14.7 Å². The molecule has 1 atom stereocenters. The van der Waals surface area contributed by atoms with Crippen LogP contribution in [-0.4, -0.2) is 64.8 Å². The SMILES string of the molecule is Cc1cc(N2CCC(N(C)C(=O)c3ccc4c(c3)[C@H](N(C)C(=O)c3cccc(F)c3Cl)CC4)CC2)nc(C)n1. The van der Waals surface area contributed by atoms with E-state index in [1.807, 2.05) is 50.1 Å². The first kappa shape index (κ1) is 27.1. The maximum Gasteiger partial charge on any atom is 0.255 e. The summed E-state index contributed by atoms with van der Waals surface area (Å²) < 4.78 is 14.0. The van der Waals surface area contributed by atoms with E-state index in [1.165, 1.54) is 18.2 Å². The highest BCUT2D eigenvalue weighted by Gasteiger charge is 2.32. The normalized spacial score (nSPS) is 17.2. The highest BCUT2D eigenvalue weighted by Crippen LogP contribution is 2.37. The molecule has 204 valence electrons. The van der Waals surface area contributed by atoms with Crippen LogP contribution < -0.4 is 4.90 Å². The standard InChI is InChI=1S/C30H33ClFN5O2/c1-18-16-27(34-19(2)33-18)37-14-12-22(13-15-37)35(3)29(38)21-9-8-20-10-11-26(24(20)17-21)36(4)30(39)23-6-5-7-25(32)28(23)31/h5-9,16-17,22,26H,10-15H2,1-4H3/t26-/m1/s1. The van der Waals surface area contributed by atoms with Crippen molar-refractivity contribution in [3.05, 3.63) is 87.1 Å². The molecule has 1 aliphatic heterocycles. The molecule has 1 saturated heterocycles. The van der Waals surface area contributed by atoms with Crippen molar-refractivity contribution in [2.24, 2.45) is 0 Å². The smallest absolute Gasteiger partial charge is 0.255 e. The first-order chi connectivity index (χ1) is 18.6. The van der Waals surface area contributed by atoms with Crippen molar-refractivity contribution >= 4 is 29.2 Å². The van der Waals surface area contributed by atoms with E-state index in [0.29, 0.717) is 5.56 Å². The Labute approximate surface area is 233 Å². The summed E-state index contributed by atoms with van der Waals surface area (Å²) in [7, 11) is 3.58. The monoisotopic (exact) mass is 549 g/mol. The number of carbonyl (C=O) groups is 2. The number of rotatable bonds is 5. The minimum atomic E-state index is -0.619. The quantitative estimate of drug-likeness (QED) is 0.427. The van der Waals surface area contributed by atoms with Crippen LogP contribution in [0.4, 0.5) is 10.2 Å². The summed E-state index contributed by atoms with van der Waals surface area (Å²) in [5, 5.41) is -0.172. The van der Waals surface area contributed by atoms with Crippen molar-refractivity contribution < 1.29 is 14.0 Å². The van der Waals surface area contributed by atoms with Crippen LogP contribution in [0.5, 0.6) is 0 Å². The summed E-state index contributed by atoms with van der Waals surface area (Å²) in [6.07, 6.45) is 3.24. The molecule has 0 bridgehead atoms. The summed E-state index contributed by atoms with van der Waals surface area (Å²) in [4.78, 5) is 41.4. The maximum absolute atomic E-state index is 14.0. The fraction of sp³-hybridized carbons (Fsp3) is 0.400. The number of aryl methyl sites for hydroxylation is 3. The summed E-state index contributed by atoms with van der Waals surface area (Å²) >= 11 is 6.09. The number of hydrogen-bond acceptors (Lipinski definition) is 5. The lowest BCUT2D eigenvalue weighted by Gasteiger charge is -2.37. The Morgan fingerprint density at radius 2 is 1.72 bits per heavy atom. The molecule has 1 aromatic heterocycles. The molecule has 2 heterocycles. The first-order valence-electron chi connectivity index (χ1n) is 13.3.